The fourth-order valence-electron chi connectivity index (χ4n) is 3.42. The predicted octanol–water partition coefficient (Wildman–Crippen LogP) is 3.51. The number of nitrogens with zero attached hydrogens (tertiary/aromatic N) is 4. The van der Waals surface area contributed by atoms with Gasteiger partial charge in [0.15, 0.2) is 0 Å². The highest BCUT2D eigenvalue weighted by atomic mass is 35.5. The number of carbonyl (C=O) groups excluding carboxylic acids is 1. The first-order valence-corrected chi connectivity index (χ1v) is 11.7. The minimum atomic E-state index is -0.467. The summed E-state index contributed by atoms with van der Waals surface area (Å²) in [5.41, 5.74) is 1.22. The van der Waals surface area contributed by atoms with Gasteiger partial charge in [0.05, 0.1) is 46.9 Å². The summed E-state index contributed by atoms with van der Waals surface area (Å²) in [7, 11) is 0. The van der Waals surface area contributed by atoms with Crippen LogP contribution in [0.5, 0.6) is 5.88 Å². The molecule has 2 fully saturated rings. The quantitative estimate of drug-likeness (QED) is 0.427. The van der Waals surface area contributed by atoms with Crippen molar-refractivity contribution in [1.82, 2.24) is 25.1 Å². The third kappa shape index (κ3) is 5.58. The molecule has 5 rings (SSSR count). The summed E-state index contributed by atoms with van der Waals surface area (Å²) >= 11 is 12.4. The zero-order chi connectivity index (χ0) is 23.5. The SMILES string of the molecule is O=C(Nc1c(Cl)cccc1Cl)c1cnc(Nc2cnn(C[C@@H]3CNCCO3)c2)nc1OC1CC1. The molecule has 1 aliphatic carbocycles. The van der Waals surface area contributed by atoms with Crippen LogP contribution in [-0.2, 0) is 11.3 Å². The van der Waals surface area contributed by atoms with E-state index in [1.54, 1.807) is 29.1 Å². The molecule has 0 unspecified atom stereocenters. The van der Waals surface area contributed by atoms with Crippen molar-refractivity contribution in [2.75, 3.05) is 30.3 Å². The third-order valence-electron chi connectivity index (χ3n) is 5.29. The van der Waals surface area contributed by atoms with E-state index in [9.17, 15) is 4.79 Å². The van der Waals surface area contributed by atoms with Crippen LogP contribution < -0.4 is 20.7 Å². The Morgan fingerprint density at radius 1 is 1.26 bits per heavy atom. The van der Waals surface area contributed by atoms with Crippen LogP contribution in [0.15, 0.2) is 36.8 Å². The lowest BCUT2D eigenvalue weighted by Crippen LogP contribution is -2.40. The normalized spacial score (nSPS) is 17.9. The van der Waals surface area contributed by atoms with Gasteiger partial charge in [-0.15, -0.1) is 0 Å². The molecule has 1 atom stereocenters. The summed E-state index contributed by atoms with van der Waals surface area (Å²) in [6, 6.07) is 4.99. The molecule has 2 aromatic heterocycles. The molecule has 1 amide bonds. The van der Waals surface area contributed by atoms with Gasteiger partial charge in [-0.1, -0.05) is 29.3 Å². The Morgan fingerprint density at radius 2 is 2.09 bits per heavy atom. The minimum absolute atomic E-state index is 0.0325. The Bertz CT molecular complexity index is 1160. The van der Waals surface area contributed by atoms with Crippen LogP contribution in [0.4, 0.5) is 17.3 Å². The first-order chi connectivity index (χ1) is 16.5. The van der Waals surface area contributed by atoms with Crippen LogP contribution in [0.2, 0.25) is 10.0 Å². The van der Waals surface area contributed by atoms with Gasteiger partial charge in [0.1, 0.15) is 11.7 Å². The van der Waals surface area contributed by atoms with Crippen LogP contribution in [0, 0.1) is 0 Å². The molecule has 34 heavy (non-hydrogen) atoms. The van der Waals surface area contributed by atoms with E-state index in [1.807, 2.05) is 6.20 Å². The zero-order valence-electron chi connectivity index (χ0n) is 18.1. The summed E-state index contributed by atoms with van der Waals surface area (Å²) in [6.45, 7) is 2.98. The Hall–Kier alpha value is -2.92. The first-order valence-electron chi connectivity index (χ1n) is 11.0. The summed E-state index contributed by atoms with van der Waals surface area (Å²) in [4.78, 5) is 21.7. The van der Waals surface area contributed by atoms with Crippen LogP contribution in [0.1, 0.15) is 23.2 Å². The standard InChI is InChI=1S/C22H23Cl2N7O3/c23-17-2-1-3-18(24)19(17)29-20(32)16-10-26-22(30-21(16)34-14-4-5-14)28-13-8-27-31(11-13)12-15-9-25-6-7-33-15/h1-3,8,10-11,14-15,25H,4-7,9,12H2,(H,29,32)(H,26,28,30)/t15-/m0/s1. The summed E-state index contributed by atoms with van der Waals surface area (Å²) in [5.74, 6) is 0.0129. The number of ether oxygens (including phenoxy) is 2. The van der Waals surface area contributed by atoms with E-state index in [4.69, 9.17) is 32.7 Å². The van der Waals surface area contributed by atoms with Gasteiger partial charge < -0.3 is 25.4 Å². The number of aromatic nitrogens is 4. The molecule has 10 nitrogen and oxygen atoms in total. The lowest BCUT2D eigenvalue weighted by atomic mass is 10.2. The average Bonchev–Trinajstić information content (AvgIpc) is 3.54. The van der Waals surface area contributed by atoms with Crippen molar-refractivity contribution in [1.29, 1.82) is 0 Å². The maximum absolute atomic E-state index is 13.0. The molecule has 1 aliphatic heterocycles. The van der Waals surface area contributed by atoms with Gasteiger partial charge >= 0.3 is 0 Å². The smallest absolute Gasteiger partial charge is 0.262 e. The largest absolute Gasteiger partial charge is 0.474 e. The van der Waals surface area contributed by atoms with Crippen molar-refractivity contribution in [2.24, 2.45) is 0 Å². The minimum Gasteiger partial charge on any atom is -0.474 e. The first kappa shape index (κ1) is 22.9. The molecule has 178 valence electrons. The van der Waals surface area contributed by atoms with E-state index in [2.05, 4.69) is 31.0 Å². The van der Waals surface area contributed by atoms with Gasteiger partial charge in [0, 0.05) is 25.5 Å². The fraction of sp³-hybridized carbons (Fsp3) is 0.364. The zero-order valence-corrected chi connectivity index (χ0v) is 19.6. The topological polar surface area (TPSA) is 115 Å². The molecule has 2 aliphatic rings. The van der Waals surface area contributed by atoms with E-state index in [-0.39, 0.29) is 29.6 Å². The van der Waals surface area contributed by atoms with Gasteiger partial charge in [0.25, 0.3) is 5.91 Å². The van der Waals surface area contributed by atoms with Gasteiger partial charge in [0.2, 0.25) is 11.8 Å². The van der Waals surface area contributed by atoms with Crippen molar-refractivity contribution >= 4 is 46.4 Å². The monoisotopic (exact) mass is 503 g/mol. The second kappa shape index (κ2) is 10.1. The highest BCUT2D eigenvalue weighted by molar-refractivity contribution is 6.40. The number of hydrogen-bond acceptors (Lipinski definition) is 8. The van der Waals surface area contributed by atoms with Crippen LogP contribution in [0.3, 0.4) is 0 Å². The van der Waals surface area contributed by atoms with Gasteiger partial charge in [-0.05, 0) is 25.0 Å². The molecular formula is C22H23Cl2N7O3. The van der Waals surface area contributed by atoms with E-state index in [1.165, 1.54) is 6.20 Å². The highest BCUT2D eigenvalue weighted by Gasteiger charge is 2.28. The number of para-hydroxylation sites is 1. The number of morpholine rings is 1. The number of halogens is 2. The van der Waals surface area contributed by atoms with Crippen LogP contribution in [-0.4, -0.2) is 57.6 Å². The molecule has 1 aromatic carbocycles. The van der Waals surface area contributed by atoms with Crippen molar-refractivity contribution in [3.8, 4) is 5.88 Å². The van der Waals surface area contributed by atoms with Gasteiger partial charge in [-0.25, -0.2) is 4.98 Å². The maximum atomic E-state index is 13.0. The molecule has 0 radical (unpaired) electrons. The Labute approximate surface area is 206 Å². The van der Waals surface area contributed by atoms with Crippen LogP contribution in [0.25, 0.3) is 0 Å². The second-order valence-electron chi connectivity index (χ2n) is 8.05. The molecule has 12 heteroatoms. The van der Waals surface area contributed by atoms with Crippen molar-refractivity contribution < 1.29 is 14.3 Å². The highest BCUT2D eigenvalue weighted by Crippen LogP contribution is 2.32. The van der Waals surface area contributed by atoms with Crippen molar-refractivity contribution in [3.05, 3.63) is 52.4 Å². The number of amides is 1. The van der Waals surface area contributed by atoms with E-state index in [0.717, 1.165) is 25.9 Å². The lowest BCUT2D eigenvalue weighted by molar-refractivity contribution is 0.0161. The molecular weight excluding hydrogens is 481 g/mol. The molecule has 0 spiro atoms. The average molecular weight is 504 g/mol. The van der Waals surface area contributed by atoms with Crippen molar-refractivity contribution in [3.63, 3.8) is 0 Å². The van der Waals surface area contributed by atoms with E-state index in [0.29, 0.717) is 34.6 Å². The summed E-state index contributed by atoms with van der Waals surface area (Å²) < 4.78 is 13.4. The van der Waals surface area contributed by atoms with E-state index < -0.39 is 5.91 Å². The summed E-state index contributed by atoms with van der Waals surface area (Å²) in [6.07, 6.45) is 6.87. The number of rotatable bonds is 8. The fourth-order valence-corrected chi connectivity index (χ4v) is 3.91. The van der Waals surface area contributed by atoms with E-state index >= 15 is 0 Å². The molecule has 1 saturated carbocycles. The second-order valence-corrected chi connectivity index (χ2v) is 8.87. The Morgan fingerprint density at radius 3 is 2.82 bits per heavy atom. The molecule has 3 N–H and O–H groups in total. The Balaban J connectivity index is 1.31. The number of carbonyl (C=O) groups is 1. The number of anilines is 3. The predicted molar refractivity (Wildman–Crippen MR) is 128 cm³/mol. The molecule has 0 bridgehead atoms. The number of nitrogens with one attached hydrogen (secondary N) is 3. The molecule has 3 heterocycles. The molecule has 1 saturated heterocycles. The maximum Gasteiger partial charge on any atom is 0.262 e. The summed E-state index contributed by atoms with van der Waals surface area (Å²) in [5, 5.41) is 14.2. The van der Waals surface area contributed by atoms with Gasteiger partial charge in [-0.3, -0.25) is 9.48 Å². The number of benzene rings is 1. The van der Waals surface area contributed by atoms with Gasteiger partial charge in [-0.2, -0.15) is 10.1 Å². The lowest BCUT2D eigenvalue weighted by Gasteiger charge is -2.23. The van der Waals surface area contributed by atoms with Crippen molar-refractivity contribution in [2.45, 2.75) is 31.6 Å². The Kier molecular flexibility index (Phi) is 6.82. The van der Waals surface area contributed by atoms with Crippen LogP contribution >= 0.6 is 23.2 Å². The third-order valence-corrected chi connectivity index (χ3v) is 5.92. The number of hydrogen-bond donors (Lipinski definition) is 3. The molecule has 3 aromatic rings.